The summed E-state index contributed by atoms with van der Waals surface area (Å²) in [6.07, 6.45) is 2.42. The minimum Gasteiger partial charge on any atom is -0.497 e. The molecule has 0 saturated heterocycles. The fraction of sp³-hybridized carbons (Fsp3) is 0.105. The Hall–Kier alpha value is -4.12. The average Bonchev–Trinajstić information content (AvgIpc) is 3.03. The highest BCUT2D eigenvalue weighted by Gasteiger charge is 2.16. The number of anilines is 1. The van der Waals surface area contributed by atoms with Gasteiger partial charge in [0.15, 0.2) is 0 Å². The van der Waals surface area contributed by atoms with Crippen LogP contribution in [0.15, 0.2) is 149 Å². The molecule has 6 rings (SSSR count). The van der Waals surface area contributed by atoms with E-state index in [2.05, 4.69) is 146 Å². The van der Waals surface area contributed by atoms with Gasteiger partial charge in [-0.3, -0.25) is 0 Å². The van der Waals surface area contributed by atoms with E-state index in [-0.39, 0.29) is 4.58 Å². The van der Waals surface area contributed by atoms with E-state index < -0.39 is 0 Å². The number of benzene rings is 6. The van der Waals surface area contributed by atoms with Gasteiger partial charge >= 0.3 is 0 Å². The molecule has 0 unspecified atom stereocenters. The molecule has 42 heavy (non-hydrogen) atoms. The van der Waals surface area contributed by atoms with Gasteiger partial charge in [-0.15, -0.1) is 23.5 Å². The van der Waals surface area contributed by atoms with Gasteiger partial charge in [-0.1, -0.05) is 91.0 Å². The number of rotatable bonds is 9. The highest BCUT2D eigenvalue weighted by molar-refractivity contribution is 8.17. The molecule has 0 bridgehead atoms. The molecule has 208 valence electrons. The van der Waals surface area contributed by atoms with E-state index in [9.17, 15) is 0 Å². The number of nitrogens with zero attached hydrogens (tertiary/aromatic N) is 1. The Morgan fingerprint density at radius 1 is 0.595 bits per heavy atom. The summed E-state index contributed by atoms with van der Waals surface area (Å²) in [4.78, 5) is 4.63. The molecule has 0 aliphatic heterocycles. The van der Waals surface area contributed by atoms with Gasteiger partial charge in [0.1, 0.15) is 5.75 Å². The molecule has 0 amide bonds. The Labute approximate surface area is 257 Å². The van der Waals surface area contributed by atoms with E-state index >= 15 is 0 Å². The fourth-order valence-corrected chi connectivity index (χ4v) is 7.53. The van der Waals surface area contributed by atoms with E-state index in [0.29, 0.717) is 0 Å². The molecule has 0 aromatic heterocycles. The molecule has 4 heteroatoms. The van der Waals surface area contributed by atoms with Gasteiger partial charge in [-0.05, 0) is 86.8 Å². The van der Waals surface area contributed by atoms with Crippen molar-refractivity contribution in [2.45, 2.75) is 14.4 Å². The normalized spacial score (nSPS) is 11.8. The topological polar surface area (TPSA) is 12.5 Å². The largest absolute Gasteiger partial charge is 0.497 e. The van der Waals surface area contributed by atoms with E-state index in [1.807, 2.05) is 35.7 Å². The third-order valence-corrected chi connectivity index (χ3v) is 9.71. The summed E-state index contributed by atoms with van der Waals surface area (Å²) in [5.41, 5.74) is 4.74. The second-order valence-electron chi connectivity index (χ2n) is 10.4. The minimum atomic E-state index is 0.123. The molecular formula is C38H33NOS2. The Balaban J connectivity index is 1.44. The van der Waals surface area contributed by atoms with Crippen LogP contribution in [0, 0.1) is 0 Å². The SMILES string of the molecule is COc1ccc(/C(=C/C(Sc2ccc3ccccc3c2)Sc2ccc3ccccc3c2)c2ccc(N(C)C)cc2)cc1. The van der Waals surface area contributed by atoms with Gasteiger partial charge in [-0.2, -0.15) is 0 Å². The molecule has 0 N–H and O–H groups in total. The zero-order valence-electron chi connectivity index (χ0n) is 24.0. The third kappa shape index (κ3) is 6.51. The van der Waals surface area contributed by atoms with Crippen molar-refractivity contribution >= 4 is 56.3 Å². The van der Waals surface area contributed by atoms with Crippen LogP contribution in [-0.2, 0) is 0 Å². The van der Waals surface area contributed by atoms with Crippen LogP contribution >= 0.6 is 23.5 Å². The number of methoxy groups -OCH3 is 1. The van der Waals surface area contributed by atoms with E-state index in [1.54, 1.807) is 7.11 Å². The number of ether oxygens (including phenoxy) is 1. The second kappa shape index (κ2) is 12.8. The van der Waals surface area contributed by atoms with Gasteiger partial charge in [0.05, 0.1) is 11.7 Å². The lowest BCUT2D eigenvalue weighted by atomic mass is 9.97. The Kier molecular flexibility index (Phi) is 8.55. The Morgan fingerprint density at radius 2 is 1.07 bits per heavy atom. The standard InChI is InChI=1S/C38H33NOS2/c1-39(2)33-18-12-29(13-19-33)37(30-14-20-34(40-3)21-15-30)26-38(41-35-22-16-27-8-4-6-10-31(27)24-35)42-36-23-17-28-9-5-7-11-32(28)25-36/h4-26,38H,1-3H3/b37-26+. The maximum atomic E-state index is 5.47. The minimum absolute atomic E-state index is 0.123. The smallest absolute Gasteiger partial charge is 0.118 e. The summed E-state index contributed by atoms with van der Waals surface area (Å²) in [7, 11) is 5.86. The molecule has 0 saturated carbocycles. The number of fused-ring (bicyclic) bond motifs is 2. The van der Waals surface area contributed by atoms with Crippen LogP contribution in [0.4, 0.5) is 5.69 Å². The summed E-state index contributed by atoms with van der Waals surface area (Å²) >= 11 is 3.78. The van der Waals surface area contributed by atoms with Gasteiger partial charge in [-0.25, -0.2) is 0 Å². The lowest BCUT2D eigenvalue weighted by Crippen LogP contribution is -2.08. The van der Waals surface area contributed by atoms with Gasteiger partial charge in [0.25, 0.3) is 0 Å². The maximum Gasteiger partial charge on any atom is 0.118 e. The van der Waals surface area contributed by atoms with Crippen molar-refractivity contribution in [3.05, 3.63) is 151 Å². The first-order chi connectivity index (χ1) is 20.6. The summed E-state index contributed by atoms with van der Waals surface area (Å²) in [6, 6.07) is 47.9. The molecule has 0 aliphatic rings. The Bertz CT molecular complexity index is 1760. The van der Waals surface area contributed by atoms with Gasteiger partial charge in [0, 0.05) is 29.6 Å². The predicted molar refractivity (Wildman–Crippen MR) is 184 cm³/mol. The molecule has 6 aromatic carbocycles. The number of hydrogen-bond donors (Lipinski definition) is 0. The number of thioether (sulfide) groups is 2. The zero-order valence-corrected chi connectivity index (χ0v) is 25.7. The molecule has 0 spiro atoms. The molecular weight excluding hydrogens is 551 g/mol. The molecule has 0 heterocycles. The molecule has 0 radical (unpaired) electrons. The van der Waals surface area contributed by atoms with Crippen LogP contribution in [0.2, 0.25) is 0 Å². The van der Waals surface area contributed by atoms with Gasteiger partial charge < -0.3 is 9.64 Å². The molecule has 0 atom stereocenters. The van der Waals surface area contributed by atoms with Crippen molar-refractivity contribution in [3.63, 3.8) is 0 Å². The zero-order chi connectivity index (χ0) is 28.9. The van der Waals surface area contributed by atoms with Crippen LogP contribution < -0.4 is 9.64 Å². The van der Waals surface area contributed by atoms with Crippen LogP contribution in [0.5, 0.6) is 5.75 Å². The van der Waals surface area contributed by atoms with Crippen molar-refractivity contribution in [1.82, 2.24) is 0 Å². The van der Waals surface area contributed by atoms with Crippen LogP contribution in [0.1, 0.15) is 11.1 Å². The first-order valence-electron chi connectivity index (χ1n) is 14.0. The highest BCUT2D eigenvalue weighted by Crippen LogP contribution is 2.41. The van der Waals surface area contributed by atoms with E-state index in [1.165, 1.54) is 48.2 Å². The van der Waals surface area contributed by atoms with E-state index in [0.717, 1.165) is 11.3 Å². The van der Waals surface area contributed by atoms with Crippen molar-refractivity contribution in [2.75, 3.05) is 26.1 Å². The van der Waals surface area contributed by atoms with Crippen LogP contribution in [0.25, 0.3) is 27.1 Å². The summed E-state index contributed by atoms with van der Waals surface area (Å²) in [6.45, 7) is 0. The molecule has 2 nitrogen and oxygen atoms in total. The monoisotopic (exact) mass is 583 g/mol. The molecule has 6 aromatic rings. The first kappa shape index (κ1) is 28.0. The second-order valence-corrected chi connectivity index (χ2v) is 13.1. The summed E-state index contributed by atoms with van der Waals surface area (Å²) in [5.74, 6) is 0.855. The molecule has 0 fully saturated rings. The quantitative estimate of drug-likeness (QED) is 0.124. The fourth-order valence-electron chi connectivity index (χ4n) is 5.05. The number of hydrogen-bond acceptors (Lipinski definition) is 4. The summed E-state index contributed by atoms with van der Waals surface area (Å²) in [5, 5.41) is 5.04. The third-order valence-electron chi connectivity index (χ3n) is 7.34. The van der Waals surface area contributed by atoms with Crippen molar-refractivity contribution < 1.29 is 4.74 Å². The molecule has 0 aliphatic carbocycles. The first-order valence-corrected chi connectivity index (χ1v) is 15.8. The maximum absolute atomic E-state index is 5.47. The van der Waals surface area contributed by atoms with Crippen LogP contribution in [-0.4, -0.2) is 25.8 Å². The average molecular weight is 584 g/mol. The Morgan fingerprint density at radius 3 is 1.55 bits per heavy atom. The van der Waals surface area contributed by atoms with Crippen molar-refractivity contribution in [2.24, 2.45) is 0 Å². The van der Waals surface area contributed by atoms with Gasteiger partial charge in [0.2, 0.25) is 0 Å². The summed E-state index contributed by atoms with van der Waals surface area (Å²) < 4.78 is 5.60. The highest BCUT2D eigenvalue weighted by atomic mass is 32.2. The van der Waals surface area contributed by atoms with Crippen molar-refractivity contribution in [1.29, 1.82) is 0 Å². The van der Waals surface area contributed by atoms with Crippen molar-refractivity contribution in [3.8, 4) is 5.75 Å². The lowest BCUT2D eigenvalue weighted by Gasteiger charge is -2.18. The predicted octanol–water partition coefficient (Wildman–Crippen LogP) is 10.4. The van der Waals surface area contributed by atoms with Crippen LogP contribution in [0.3, 0.4) is 0 Å². The van der Waals surface area contributed by atoms with E-state index in [4.69, 9.17) is 4.74 Å². The lowest BCUT2D eigenvalue weighted by molar-refractivity contribution is 0.415.